The molecule has 0 heterocycles. The summed E-state index contributed by atoms with van der Waals surface area (Å²) in [7, 11) is 0. The number of aryl methyl sites for hydroxylation is 4. The fraction of sp³-hybridized carbons (Fsp3) is 0.562. The number of hydrogen-bond donors (Lipinski definition) is 2. The number of hydrogen-bond acceptors (Lipinski definition) is 4. The van der Waals surface area contributed by atoms with Crippen molar-refractivity contribution in [3.63, 3.8) is 0 Å². The van der Waals surface area contributed by atoms with Gasteiger partial charge in [-0.05, 0) is 72.9 Å². The van der Waals surface area contributed by atoms with Crippen molar-refractivity contribution in [2.75, 3.05) is 13.1 Å². The summed E-state index contributed by atoms with van der Waals surface area (Å²) in [6, 6.07) is 12.2. The highest BCUT2D eigenvalue weighted by Gasteiger charge is 2.11. The molecule has 6 nitrogen and oxygen atoms in total. The molecule has 2 amide bonds. The van der Waals surface area contributed by atoms with E-state index in [4.69, 9.17) is 9.47 Å². The van der Waals surface area contributed by atoms with Gasteiger partial charge < -0.3 is 20.1 Å². The van der Waals surface area contributed by atoms with Gasteiger partial charge in [-0.15, -0.1) is 0 Å². The van der Waals surface area contributed by atoms with Crippen LogP contribution in [0.25, 0.3) is 0 Å². The van der Waals surface area contributed by atoms with Crippen LogP contribution in [0.1, 0.15) is 101 Å². The van der Waals surface area contributed by atoms with E-state index in [-0.39, 0.29) is 0 Å². The van der Waals surface area contributed by atoms with Gasteiger partial charge in [0.05, 0.1) is 0 Å². The van der Waals surface area contributed by atoms with Crippen molar-refractivity contribution in [3.05, 3.63) is 58.7 Å². The summed E-state index contributed by atoms with van der Waals surface area (Å²) in [5, 5.41) is 5.71. The SMILES string of the molecule is CCCc1ccc(OC(=O)NCCCCCCNC(=O)Oc2ccc(CCC)cc2CCC)c(CCC)c1. The molecule has 2 aromatic carbocycles. The molecule has 2 rings (SSSR count). The van der Waals surface area contributed by atoms with Gasteiger partial charge in [-0.1, -0.05) is 90.5 Å². The first-order chi connectivity index (χ1) is 18.5. The molecule has 0 spiro atoms. The minimum absolute atomic E-state index is 0.403. The summed E-state index contributed by atoms with van der Waals surface area (Å²) < 4.78 is 11.2. The molecule has 0 aliphatic rings. The smallest absolute Gasteiger partial charge is 0.410 e. The molecule has 0 saturated carbocycles. The predicted molar refractivity (Wildman–Crippen MR) is 155 cm³/mol. The van der Waals surface area contributed by atoms with Crippen LogP contribution in [0.4, 0.5) is 9.59 Å². The van der Waals surface area contributed by atoms with Gasteiger partial charge in [0.2, 0.25) is 0 Å². The van der Waals surface area contributed by atoms with Crippen LogP contribution in [0.2, 0.25) is 0 Å². The van der Waals surface area contributed by atoms with Crippen LogP contribution in [0, 0.1) is 0 Å². The summed E-state index contributed by atoms with van der Waals surface area (Å²) in [4.78, 5) is 24.5. The zero-order valence-corrected chi connectivity index (χ0v) is 24.0. The van der Waals surface area contributed by atoms with E-state index in [1.54, 1.807) is 0 Å². The topological polar surface area (TPSA) is 76.7 Å². The molecule has 38 heavy (non-hydrogen) atoms. The van der Waals surface area contributed by atoms with Gasteiger partial charge in [-0.2, -0.15) is 0 Å². The molecule has 0 aromatic heterocycles. The van der Waals surface area contributed by atoms with Gasteiger partial charge >= 0.3 is 12.2 Å². The Kier molecular flexibility index (Phi) is 15.0. The van der Waals surface area contributed by atoms with Crippen molar-refractivity contribution in [1.29, 1.82) is 0 Å². The van der Waals surface area contributed by atoms with Crippen LogP contribution in [0.15, 0.2) is 36.4 Å². The van der Waals surface area contributed by atoms with Crippen molar-refractivity contribution < 1.29 is 19.1 Å². The Hall–Kier alpha value is -3.02. The Balaban J connectivity index is 1.62. The quantitative estimate of drug-likeness (QED) is 0.206. The lowest BCUT2D eigenvalue weighted by atomic mass is 10.0. The van der Waals surface area contributed by atoms with E-state index in [1.165, 1.54) is 11.1 Å². The Bertz CT molecular complexity index is 910. The summed E-state index contributed by atoms with van der Waals surface area (Å²) >= 11 is 0. The fourth-order valence-electron chi connectivity index (χ4n) is 4.54. The molecule has 2 N–H and O–H groups in total. The van der Waals surface area contributed by atoms with Crippen LogP contribution in [-0.2, 0) is 25.7 Å². The molecule has 0 radical (unpaired) electrons. The average Bonchev–Trinajstić information content (AvgIpc) is 2.89. The van der Waals surface area contributed by atoms with Gasteiger partial charge in [0.15, 0.2) is 0 Å². The number of ether oxygens (including phenoxy) is 2. The van der Waals surface area contributed by atoms with E-state index in [0.29, 0.717) is 24.6 Å². The first-order valence-corrected chi connectivity index (χ1v) is 14.7. The lowest BCUT2D eigenvalue weighted by Gasteiger charge is -2.13. The first-order valence-electron chi connectivity index (χ1n) is 14.7. The molecule has 0 saturated heterocycles. The van der Waals surface area contributed by atoms with E-state index < -0.39 is 12.2 Å². The Morgan fingerprint density at radius 2 is 0.974 bits per heavy atom. The van der Waals surface area contributed by atoms with Crippen LogP contribution in [0.3, 0.4) is 0 Å². The standard InChI is InChI=1S/C32H48N2O4/c1-5-13-25-17-19-29(27(23-25)15-7-3)37-31(35)33-21-11-9-10-12-22-34-32(36)38-30-20-18-26(14-6-2)24-28(30)16-8-4/h17-20,23-24H,5-16,21-22H2,1-4H3,(H,33,35)(H,34,36). The maximum Gasteiger partial charge on any atom is 0.412 e. The van der Waals surface area contributed by atoms with Gasteiger partial charge in [-0.25, -0.2) is 9.59 Å². The highest BCUT2D eigenvalue weighted by molar-refractivity contribution is 5.71. The lowest BCUT2D eigenvalue weighted by Crippen LogP contribution is -2.28. The number of unbranched alkanes of at least 4 members (excludes halogenated alkanes) is 3. The third-order valence-corrected chi connectivity index (χ3v) is 6.41. The van der Waals surface area contributed by atoms with Crippen molar-refractivity contribution in [3.8, 4) is 11.5 Å². The first kappa shape index (κ1) is 31.2. The van der Waals surface area contributed by atoms with Gasteiger partial charge in [-0.3, -0.25) is 0 Å². The van der Waals surface area contributed by atoms with Gasteiger partial charge in [0.25, 0.3) is 0 Å². The molecule has 0 aliphatic heterocycles. The molecule has 6 heteroatoms. The normalized spacial score (nSPS) is 10.7. The number of nitrogens with one attached hydrogen (secondary N) is 2. The maximum absolute atomic E-state index is 12.3. The van der Waals surface area contributed by atoms with Crippen LogP contribution in [0.5, 0.6) is 11.5 Å². The third-order valence-electron chi connectivity index (χ3n) is 6.41. The molecule has 0 atom stereocenters. The largest absolute Gasteiger partial charge is 0.412 e. The van der Waals surface area contributed by atoms with Gasteiger partial charge in [0, 0.05) is 13.1 Å². The average molecular weight is 525 g/mol. The summed E-state index contributed by atoms with van der Waals surface area (Å²) in [6.45, 7) is 9.73. The van der Waals surface area contributed by atoms with Crippen molar-refractivity contribution in [2.24, 2.45) is 0 Å². The molecule has 0 aliphatic carbocycles. The second-order valence-corrected chi connectivity index (χ2v) is 9.93. The molecule has 210 valence electrons. The summed E-state index contributed by atoms with van der Waals surface area (Å²) in [5.74, 6) is 1.31. The Morgan fingerprint density at radius 3 is 1.34 bits per heavy atom. The highest BCUT2D eigenvalue weighted by Crippen LogP contribution is 2.24. The number of benzene rings is 2. The highest BCUT2D eigenvalue weighted by atomic mass is 16.6. The lowest BCUT2D eigenvalue weighted by molar-refractivity contribution is 0.198. The molecule has 0 bridgehead atoms. The Morgan fingerprint density at radius 1 is 0.579 bits per heavy atom. The summed E-state index contributed by atoms with van der Waals surface area (Å²) in [6.07, 6.45) is 10.9. The van der Waals surface area contributed by atoms with Crippen LogP contribution >= 0.6 is 0 Å². The minimum atomic E-state index is -0.403. The van der Waals surface area contributed by atoms with Crippen molar-refractivity contribution in [1.82, 2.24) is 10.6 Å². The molecular weight excluding hydrogens is 476 g/mol. The zero-order valence-electron chi connectivity index (χ0n) is 24.0. The zero-order chi connectivity index (χ0) is 27.6. The summed E-state index contributed by atoms with van der Waals surface area (Å²) in [5.41, 5.74) is 4.76. The van der Waals surface area contributed by atoms with E-state index in [0.717, 1.165) is 88.2 Å². The van der Waals surface area contributed by atoms with Gasteiger partial charge in [0.1, 0.15) is 11.5 Å². The van der Waals surface area contributed by atoms with Crippen LogP contribution in [-0.4, -0.2) is 25.3 Å². The number of rotatable bonds is 17. The van der Waals surface area contributed by atoms with E-state index in [2.05, 4.69) is 50.5 Å². The van der Waals surface area contributed by atoms with Crippen molar-refractivity contribution >= 4 is 12.2 Å². The third kappa shape index (κ3) is 11.6. The van der Waals surface area contributed by atoms with E-state index in [1.807, 2.05) is 24.3 Å². The predicted octanol–water partition coefficient (Wildman–Crippen LogP) is 7.93. The second-order valence-electron chi connectivity index (χ2n) is 9.93. The van der Waals surface area contributed by atoms with Crippen LogP contribution < -0.4 is 20.1 Å². The Labute approximate surface area is 229 Å². The fourth-order valence-corrected chi connectivity index (χ4v) is 4.54. The second kappa shape index (κ2) is 18.3. The number of carbonyl (C=O) groups is 2. The number of amides is 2. The molecule has 0 fully saturated rings. The maximum atomic E-state index is 12.3. The van der Waals surface area contributed by atoms with E-state index >= 15 is 0 Å². The minimum Gasteiger partial charge on any atom is -0.410 e. The molecule has 2 aromatic rings. The van der Waals surface area contributed by atoms with E-state index in [9.17, 15) is 9.59 Å². The number of carbonyl (C=O) groups excluding carboxylic acids is 2. The van der Waals surface area contributed by atoms with Crippen molar-refractivity contribution in [2.45, 2.75) is 105 Å². The monoisotopic (exact) mass is 524 g/mol. The molecule has 0 unspecified atom stereocenters. The molecular formula is C32H48N2O4.